The van der Waals surface area contributed by atoms with Crippen LogP contribution in [-0.4, -0.2) is 49.4 Å². The van der Waals surface area contributed by atoms with Crippen molar-refractivity contribution in [3.05, 3.63) is 34.5 Å². The number of hydrogen-bond acceptors (Lipinski definition) is 5. The van der Waals surface area contributed by atoms with Crippen LogP contribution in [0.5, 0.6) is 0 Å². The lowest BCUT2D eigenvalue weighted by molar-refractivity contribution is 0.0635. The van der Waals surface area contributed by atoms with Crippen molar-refractivity contribution >= 4 is 17.2 Å². The van der Waals surface area contributed by atoms with Gasteiger partial charge in [-0.15, -0.1) is 11.3 Å². The third kappa shape index (κ3) is 2.46. The van der Waals surface area contributed by atoms with Crippen LogP contribution in [0.1, 0.15) is 22.5 Å². The van der Waals surface area contributed by atoms with Crippen molar-refractivity contribution in [1.29, 1.82) is 0 Å². The molecule has 2 aromatic heterocycles. The van der Waals surface area contributed by atoms with Gasteiger partial charge in [-0.2, -0.15) is 5.10 Å². The van der Waals surface area contributed by atoms with Crippen molar-refractivity contribution in [2.75, 3.05) is 6.54 Å². The van der Waals surface area contributed by atoms with E-state index in [0.717, 1.165) is 5.56 Å². The van der Waals surface area contributed by atoms with Crippen molar-refractivity contribution in [3.63, 3.8) is 0 Å². The van der Waals surface area contributed by atoms with Crippen molar-refractivity contribution in [1.82, 2.24) is 19.7 Å². The normalized spacial score (nSPS) is 22.4. The van der Waals surface area contributed by atoms with Gasteiger partial charge in [-0.25, -0.2) is 4.98 Å². The van der Waals surface area contributed by atoms with E-state index >= 15 is 0 Å². The summed E-state index contributed by atoms with van der Waals surface area (Å²) < 4.78 is 1.73. The third-order valence-electron chi connectivity index (χ3n) is 3.63. The first kappa shape index (κ1) is 13.3. The number of carbonyl (C=O) groups excluding carboxylic acids is 1. The molecule has 0 aliphatic carbocycles. The fourth-order valence-electron chi connectivity index (χ4n) is 2.62. The lowest BCUT2D eigenvalue weighted by Gasteiger charge is -2.25. The number of aliphatic hydroxyl groups is 1. The van der Waals surface area contributed by atoms with Gasteiger partial charge in [-0.1, -0.05) is 0 Å². The molecule has 1 aliphatic rings. The van der Waals surface area contributed by atoms with Gasteiger partial charge in [0.25, 0.3) is 5.91 Å². The van der Waals surface area contributed by atoms with E-state index < -0.39 is 6.10 Å². The van der Waals surface area contributed by atoms with E-state index in [1.165, 1.54) is 11.3 Å². The summed E-state index contributed by atoms with van der Waals surface area (Å²) in [4.78, 5) is 18.2. The van der Waals surface area contributed by atoms with Crippen LogP contribution in [0.25, 0.3) is 0 Å². The van der Waals surface area contributed by atoms with Gasteiger partial charge in [0.2, 0.25) is 0 Å². The lowest BCUT2D eigenvalue weighted by Crippen LogP contribution is -2.41. The van der Waals surface area contributed by atoms with Crippen LogP contribution in [0.3, 0.4) is 0 Å². The quantitative estimate of drug-likeness (QED) is 0.904. The minimum Gasteiger partial charge on any atom is -0.391 e. The molecule has 0 aromatic carbocycles. The molecule has 3 rings (SSSR count). The summed E-state index contributed by atoms with van der Waals surface area (Å²) in [7, 11) is 1.85. The Bertz CT molecular complexity index is 595. The van der Waals surface area contributed by atoms with E-state index in [2.05, 4.69) is 10.1 Å². The predicted molar refractivity (Wildman–Crippen MR) is 74.5 cm³/mol. The first-order valence-corrected chi connectivity index (χ1v) is 7.44. The molecule has 0 radical (unpaired) electrons. The average molecular weight is 292 g/mol. The van der Waals surface area contributed by atoms with Gasteiger partial charge in [0, 0.05) is 25.2 Å². The number of carbonyl (C=O) groups is 1. The molecule has 1 amide bonds. The average Bonchev–Trinajstić information content (AvgIpc) is 3.13. The van der Waals surface area contributed by atoms with Gasteiger partial charge in [0.15, 0.2) is 0 Å². The number of aliphatic hydroxyl groups excluding tert-OH is 1. The fraction of sp³-hybridized carbons (Fsp3) is 0.462. The summed E-state index contributed by atoms with van der Waals surface area (Å²) in [5.74, 6) is -0.100. The zero-order valence-corrected chi connectivity index (χ0v) is 12.0. The van der Waals surface area contributed by atoms with Gasteiger partial charge in [-0.3, -0.25) is 9.48 Å². The first-order chi connectivity index (χ1) is 9.65. The fourth-order valence-corrected chi connectivity index (χ4v) is 3.15. The second kappa shape index (κ2) is 5.34. The topological polar surface area (TPSA) is 71.2 Å². The summed E-state index contributed by atoms with van der Waals surface area (Å²) in [6, 6.07) is -0.201. The largest absolute Gasteiger partial charge is 0.391 e. The lowest BCUT2D eigenvalue weighted by atomic mass is 10.0. The molecule has 6 nitrogen and oxygen atoms in total. The molecule has 0 bridgehead atoms. The number of aryl methyl sites for hydroxylation is 1. The molecule has 3 heterocycles. The van der Waals surface area contributed by atoms with Gasteiger partial charge >= 0.3 is 0 Å². The molecule has 0 spiro atoms. The molecule has 1 fully saturated rings. The van der Waals surface area contributed by atoms with Crippen molar-refractivity contribution in [2.45, 2.75) is 25.0 Å². The Balaban J connectivity index is 1.78. The molecule has 0 unspecified atom stereocenters. The van der Waals surface area contributed by atoms with Crippen LogP contribution >= 0.6 is 11.3 Å². The Hall–Kier alpha value is -1.73. The van der Waals surface area contributed by atoms with Crippen molar-refractivity contribution in [2.24, 2.45) is 7.05 Å². The molecule has 7 heteroatoms. The van der Waals surface area contributed by atoms with Gasteiger partial charge in [0.1, 0.15) is 5.69 Å². The van der Waals surface area contributed by atoms with Crippen molar-refractivity contribution < 1.29 is 9.90 Å². The Kier molecular flexibility index (Phi) is 3.54. The highest BCUT2D eigenvalue weighted by Crippen LogP contribution is 2.23. The maximum atomic E-state index is 12.4. The zero-order chi connectivity index (χ0) is 14.1. The van der Waals surface area contributed by atoms with E-state index in [4.69, 9.17) is 0 Å². The second-order valence-electron chi connectivity index (χ2n) is 5.02. The maximum Gasteiger partial charge on any atom is 0.273 e. The van der Waals surface area contributed by atoms with Crippen LogP contribution < -0.4 is 0 Å². The summed E-state index contributed by atoms with van der Waals surface area (Å²) >= 11 is 1.40. The predicted octanol–water partition coefficient (Wildman–Crippen LogP) is 0.695. The molecular weight excluding hydrogens is 276 g/mol. The number of aromatic nitrogens is 3. The maximum absolute atomic E-state index is 12.4. The molecule has 1 aliphatic heterocycles. The van der Waals surface area contributed by atoms with Crippen LogP contribution in [0.15, 0.2) is 23.3 Å². The zero-order valence-electron chi connectivity index (χ0n) is 11.1. The Morgan fingerprint density at radius 2 is 2.45 bits per heavy atom. The second-order valence-corrected chi connectivity index (χ2v) is 5.74. The van der Waals surface area contributed by atoms with Gasteiger partial charge in [-0.05, 0) is 18.4 Å². The summed E-state index contributed by atoms with van der Waals surface area (Å²) in [5.41, 5.74) is 3.13. The van der Waals surface area contributed by atoms with Gasteiger partial charge < -0.3 is 10.0 Å². The number of hydrogen-bond donors (Lipinski definition) is 1. The number of likely N-dealkylation sites (tertiary alicyclic amines) is 1. The first-order valence-electron chi connectivity index (χ1n) is 6.50. The van der Waals surface area contributed by atoms with Crippen LogP contribution in [-0.2, 0) is 13.5 Å². The number of rotatable bonds is 3. The van der Waals surface area contributed by atoms with Crippen LogP contribution in [0, 0.1) is 0 Å². The summed E-state index contributed by atoms with van der Waals surface area (Å²) in [6.45, 7) is 0.572. The molecule has 1 saturated heterocycles. The summed E-state index contributed by atoms with van der Waals surface area (Å²) in [6.07, 6.45) is 4.43. The van der Waals surface area contributed by atoms with E-state index in [1.54, 1.807) is 26.7 Å². The number of thiazole rings is 1. The van der Waals surface area contributed by atoms with E-state index in [0.29, 0.717) is 25.1 Å². The van der Waals surface area contributed by atoms with Crippen LogP contribution in [0.4, 0.5) is 0 Å². The Morgan fingerprint density at radius 1 is 1.60 bits per heavy atom. The molecule has 2 aromatic rings. The smallest absolute Gasteiger partial charge is 0.273 e. The standard InChI is InChI=1S/C13H16N4O2S/c1-16-6-9(5-15-16)4-11-12(18)2-3-17(11)13(19)10-7-20-8-14-10/h5-8,11-12,18H,2-4H2,1H3/t11-,12+/m1/s1. The monoisotopic (exact) mass is 292 g/mol. The van der Waals surface area contributed by atoms with E-state index in [1.807, 2.05) is 13.2 Å². The molecule has 20 heavy (non-hydrogen) atoms. The third-order valence-corrected chi connectivity index (χ3v) is 4.21. The highest BCUT2D eigenvalue weighted by molar-refractivity contribution is 7.07. The highest BCUT2D eigenvalue weighted by Gasteiger charge is 2.37. The Labute approximate surface area is 120 Å². The molecular formula is C13H16N4O2S. The van der Waals surface area contributed by atoms with Crippen molar-refractivity contribution in [3.8, 4) is 0 Å². The highest BCUT2D eigenvalue weighted by atomic mass is 32.1. The molecule has 1 N–H and O–H groups in total. The van der Waals surface area contributed by atoms with Gasteiger partial charge in [0.05, 0.1) is 23.9 Å². The number of amides is 1. The van der Waals surface area contributed by atoms with Crippen LogP contribution in [0.2, 0.25) is 0 Å². The minimum atomic E-state index is -0.488. The Morgan fingerprint density at radius 3 is 3.10 bits per heavy atom. The minimum absolute atomic E-state index is 0.100. The summed E-state index contributed by atoms with van der Waals surface area (Å²) in [5, 5.41) is 16.0. The SMILES string of the molecule is Cn1cc(C[C@@H]2[C@@H](O)CCN2C(=O)c2cscn2)cn1. The molecule has 106 valence electrons. The van der Waals surface area contributed by atoms with E-state index in [-0.39, 0.29) is 11.9 Å². The van der Waals surface area contributed by atoms with E-state index in [9.17, 15) is 9.90 Å². The number of nitrogens with zero attached hydrogens (tertiary/aromatic N) is 4. The molecule has 2 atom stereocenters. The molecule has 0 saturated carbocycles.